The predicted octanol–water partition coefficient (Wildman–Crippen LogP) is 3.84. The lowest BCUT2D eigenvalue weighted by molar-refractivity contribution is 0.209. The van der Waals surface area contributed by atoms with Gasteiger partial charge in [-0.3, -0.25) is 9.58 Å². The van der Waals surface area contributed by atoms with Gasteiger partial charge < -0.3 is 19.4 Å². The second-order valence-corrected chi connectivity index (χ2v) is 9.41. The van der Waals surface area contributed by atoms with Crippen LogP contribution in [-0.2, 0) is 26.7 Å². The van der Waals surface area contributed by atoms with E-state index in [2.05, 4.69) is 47.6 Å². The lowest BCUT2D eigenvalue weighted by Gasteiger charge is -2.30. The Morgan fingerprint density at radius 3 is 2.47 bits per heavy atom. The van der Waals surface area contributed by atoms with Gasteiger partial charge in [0, 0.05) is 49.0 Å². The summed E-state index contributed by atoms with van der Waals surface area (Å²) in [7, 11) is 5.30. The molecule has 0 unspecified atom stereocenters. The average molecular weight is 439 g/mol. The second-order valence-electron chi connectivity index (χ2n) is 9.41. The minimum atomic E-state index is -0.0912. The van der Waals surface area contributed by atoms with Crippen LogP contribution in [-0.4, -0.2) is 50.5 Å². The summed E-state index contributed by atoms with van der Waals surface area (Å²) in [5, 5.41) is 8.09. The number of imidazole rings is 1. The molecule has 0 saturated carbocycles. The van der Waals surface area contributed by atoms with E-state index < -0.39 is 0 Å². The number of nitrogens with zero attached hydrogens (tertiary/aromatic N) is 5. The average Bonchev–Trinajstić information content (AvgIpc) is 3.26. The quantitative estimate of drug-likeness (QED) is 0.631. The van der Waals surface area contributed by atoms with Crippen molar-refractivity contribution in [1.29, 1.82) is 0 Å². The molecule has 0 radical (unpaired) electrons. The molecule has 0 saturated heterocycles. The fourth-order valence-electron chi connectivity index (χ4n) is 4.12. The van der Waals surface area contributed by atoms with E-state index in [0.717, 1.165) is 49.1 Å². The van der Waals surface area contributed by atoms with Crippen molar-refractivity contribution in [3.63, 3.8) is 0 Å². The van der Waals surface area contributed by atoms with Gasteiger partial charge in [0.05, 0.1) is 27.0 Å². The highest BCUT2D eigenvalue weighted by Crippen LogP contribution is 2.37. The van der Waals surface area contributed by atoms with Crippen molar-refractivity contribution < 1.29 is 9.47 Å². The van der Waals surface area contributed by atoms with Crippen LogP contribution in [0.15, 0.2) is 24.4 Å². The lowest BCUT2D eigenvalue weighted by atomic mass is 10.1. The summed E-state index contributed by atoms with van der Waals surface area (Å²) in [6.07, 6.45) is 1.97. The topological polar surface area (TPSA) is 69.4 Å². The summed E-state index contributed by atoms with van der Waals surface area (Å²) >= 11 is 0. The van der Waals surface area contributed by atoms with Crippen LogP contribution < -0.4 is 14.8 Å². The number of rotatable bonds is 6. The molecule has 0 bridgehead atoms. The van der Waals surface area contributed by atoms with Crippen molar-refractivity contribution in [2.24, 2.45) is 7.05 Å². The van der Waals surface area contributed by atoms with E-state index in [1.165, 1.54) is 11.3 Å². The third-order valence-corrected chi connectivity index (χ3v) is 5.93. The standard InChI is InChI=1S/C24H34N6O2/c1-16-18(13-25-28(16)5)14-29-10-11-30-21(15-29)26-22(23(30)27-24(2,3)4)17-8-9-19(31-6)20(12-17)32-7/h8-9,12-13,27H,10-11,14-15H2,1-7H3. The Morgan fingerprint density at radius 2 is 1.84 bits per heavy atom. The smallest absolute Gasteiger partial charge is 0.161 e. The minimum absolute atomic E-state index is 0.0912. The van der Waals surface area contributed by atoms with E-state index in [9.17, 15) is 0 Å². The SMILES string of the molecule is COc1ccc(-c2nc3n(c2NC(C)(C)C)CCN(Cc2cnn(C)c2C)C3)cc1OC. The Bertz CT molecular complexity index is 1110. The summed E-state index contributed by atoms with van der Waals surface area (Å²) < 4.78 is 15.2. The van der Waals surface area contributed by atoms with Gasteiger partial charge in [-0.1, -0.05) is 0 Å². The molecular formula is C24H34N6O2. The van der Waals surface area contributed by atoms with E-state index in [4.69, 9.17) is 14.5 Å². The molecule has 1 aromatic carbocycles. The zero-order valence-corrected chi connectivity index (χ0v) is 20.2. The van der Waals surface area contributed by atoms with E-state index >= 15 is 0 Å². The zero-order valence-electron chi connectivity index (χ0n) is 20.2. The summed E-state index contributed by atoms with van der Waals surface area (Å²) in [6, 6.07) is 5.98. The summed E-state index contributed by atoms with van der Waals surface area (Å²) in [4.78, 5) is 7.53. The van der Waals surface area contributed by atoms with Crippen LogP contribution in [0.3, 0.4) is 0 Å². The van der Waals surface area contributed by atoms with Gasteiger partial charge in [-0.25, -0.2) is 4.98 Å². The molecule has 1 aliphatic rings. The molecule has 0 atom stereocenters. The molecule has 4 rings (SSSR count). The van der Waals surface area contributed by atoms with Crippen molar-refractivity contribution in [2.75, 3.05) is 26.1 Å². The van der Waals surface area contributed by atoms with Crippen LogP contribution in [0.5, 0.6) is 11.5 Å². The Morgan fingerprint density at radius 1 is 1.09 bits per heavy atom. The highest BCUT2D eigenvalue weighted by molar-refractivity contribution is 5.75. The number of ether oxygens (including phenoxy) is 2. The van der Waals surface area contributed by atoms with Gasteiger partial charge in [-0.2, -0.15) is 5.10 Å². The summed E-state index contributed by atoms with van der Waals surface area (Å²) in [5.41, 5.74) is 4.33. The number of methoxy groups -OCH3 is 2. The highest BCUT2D eigenvalue weighted by atomic mass is 16.5. The van der Waals surface area contributed by atoms with Crippen molar-refractivity contribution in [1.82, 2.24) is 24.2 Å². The van der Waals surface area contributed by atoms with Crippen LogP contribution in [0.4, 0.5) is 5.82 Å². The molecule has 0 spiro atoms. The molecule has 32 heavy (non-hydrogen) atoms. The molecule has 1 N–H and O–H groups in total. The number of fused-ring (bicyclic) bond motifs is 1. The molecule has 172 valence electrons. The van der Waals surface area contributed by atoms with Crippen molar-refractivity contribution >= 4 is 5.82 Å². The molecule has 8 heteroatoms. The van der Waals surface area contributed by atoms with Crippen LogP contribution >= 0.6 is 0 Å². The van der Waals surface area contributed by atoms with Crippen molar-refractivity contribution in [3.8, 4) is 22.8 Å². The maximum absolute atomic E-state index is 5.54. The second kappa shape index (κ2) is 8.50. The lowest BCUT2D eigenvalue weighted by Crippen LogP contribution is -2.35. The molecule has 8 nitrogen and oxygen atoms in total. The van der Waals surface area contributed by atoms with Gasteiger partial charge in [0.25, 0.3) is 0 Å². The van der Waals surface area contributed by atoms with Gasteiger partial charge in [-0.05, 0) is 45.9 Å². The van der Waals surface area contributed by atoms with E-state index in [0.29, 0.717) is 11.5 Å². The maximum Gasteiger partial charge on any atom is 0.161 e. The molecule has 0 amide bonds. The molecule has 2 aromatic heterocycles. The Kier molecular flexibility index (Phi) is 5.90. The monoisotopic (exact) mass is 438 g/mol. The van der Waals surface area contributed by atoms with Gasteiger partial charge in [0.2, 0.25) is 0 Å². The fourth-order valence-corrected chi connectivity index (χ4v) is 4.12. The van der Waals surface area contributed by atoms with E-state index in [1.807, 2.05) is 36.1 Å². The van der Waals surface area contributed by atoms with Crippen LogP contribution in [0.1, 0.15) is 37.9 Å². The number of aryl methyl sites for hydroxylation is 1. The third-order valence-electron chi connectivity index (χ3n) is 5.93. The number of hydrogen-bond donors (Lipinski definition) is 1. The minimum Gasteiger partial charge on any atom is -0.493 e. The van der Waals surface area contributed by atoms with E-state index in [1.54, 1.807) is 14.2 Å². The third kappa shape index (κ3) is 4.32. The van der Waals surface area contributed by atoms with Gasteiger partial charge >= 0.3 is 0 Å². The molecule has 0 fully saturated rings. The van der Waals surface area contributed by atoms with Crippen molar-refractivity contribution in [3.05, 3.63) is 41.5 Å². The Balaban J connectivity index is 1.70. The van der Waals surface area contributed by atoms with Gasteiger partial charge in [0.1, 0.15) is 17.3 Å². The first-order valence-corrected chi connectivity index (χ1v) is 11.0. The van der Waals surface area contributed by atoms with Crippen LogP contribution in [0.2, 0.25) is 0 Å². The number of aromatic nitrogens is 4. The van der Waals surface area contributed by atoms with Gasteiger partial charge in [-0.15, -0.1) is 0 Å². The molecule has 3 aromatic rings. The Labute approximate surface area is 190 Å². The fraction of sp³-hybridized carbons (Fsp3) is 0.500. The van der Waals surface area contributed by atoms with Crippen LogP contribution in [0.25, 0.3) is 11.3 Å². The first kappa shape index (κ1) is 22.2. The number of anilines is 1. The maximum atomic E-state index is 5.54. The number of nitrogens with one attached hydrogen (secondary N) is 1. The predicted molar refractivity (Wildman–Crippen MR) is 126 cm³/mol. The number of benzene rings is 1. The summed E-state index contributed by atoms with van der Waals surface area (Å²) in [5.74, 6) is 3.53. The molecular weight excluding hydrogens is 404 g/mol. The summed E-state index contributed by atoms with van der Waals surface area (Å²) in [6.45, 7) is 12.1. The van der Waals surface area contributed by atoms with Crippen LogP contribution in [0, 0.1) is 6.92 Å². The molecule has 1 aliphatic heterocycles. The molecule has 0 aliphatic carbocycles. The van der Waals surface area contributed by atoms with Gasteiger partial charge in [0.15, 0.2) is 11.5 Å². The van der Waals surface area contributed by atoms with E-state index in [-0.39, 0.29) is 5.54 Å². The number of hydrogen-bond acceptors (Lipinski definition) is 6. The molecule has 3 heterocycles. The van der Waals surface area contributed by atoms with Crippen molar-refractivity contribution in [2.45, 2.75) is 52.9 Å². The Hall–Kier alpha value is -3.00. The normalized spacial score (nSPS) is 14.3. The largest absolute Gasteiger partial charge is 0.493 e. The first-order chi connectivity index (χ1) is 15.2. The highest BCUT2D eigenvalue weighted by Gasteiger charge is 2.27. The zero-order chi connectivity index (χ0) is 23.0. The first-order valence-electron chi connectivity index (χ1n) is 11.0.